The number of carbonyl (C=O) groups is 1. The predicted molar refractivity (Wildman–Crippen MR) is 81.2 cm³/mol. The summed E-state index contributed by atoms with van der Waals surface area (Å²) in [6.45, 7) is 4.07. The van der Waals surface area contributed by atoms with E-state index in [9.17, 15) is 4.79 Å². The van der Waals surface area contributed by atoms with Gasteiger partial charge in [-0.15, -0.1) is 0 Å². The molecule has 2 rings (SSSR count). The Hall–Kier alpha value is -1.10. The molecule has 20 heavy (non-hydrogen) atoms. The number of amides is 1. The molecule has 0 unspecified atom stereocenters. The highest BCUT2D eigenvalue weighted by molar-refractivity contribution is 6.33. The van der Waals surface area contributed by atoms with E-state index in [1.54, 1.807) is 7.11 Å². The van der Waals surface area contributed by atoms with Crippen LogP contribution in [-0.2, 0) is 9.53 Å². The van der Waals surface area contributed by atoms with Gasteiger partial charge in [0, 0.05) is 7.11 Å². The van der Waals surface area contributed by atoms with E-state index in [1.807, 2.05) is 25.1 Å². The van der Waals surface area contributed by atoms with E-state index in [4.69, 9.17) is 16.3 Å². The molecule has 0 spiro atoms. The fraction of sp³-hybridized carbons (Fsp3) is 0.533. The second kappa shape index (κ2) is 6.57. The van der Waals surface area contributed by atoms with Gasteiger partial charge in [0.25, 0.3) is 0 Å². The van der Waals surface area contributed by atoms with Crippen LogP contribution >= 0.6 is 11.6 Å². The topological polar surface area (TPSA) is 50.4 Å². The standard InChI is InChI=1S/C15H21ClN2O2/c1-11-3-4-13(12(16)9-11)18-14(19)15(10-20-2)5-7-17-8-6-15/h3-4,9,17H,5-8,10H2,1-2H3,(H,18,19). The van der Waals surface area contributed by atoms with Gasteiger partial charge >= 0.3 is 0 Å². The summed E-state index contributed by atoms with van der Waals surface area (Å²) in [6, 6.07) is 5.63. The average Bonchev–Trinajstić information content (AvgIpc) is 2.43. The van der Waals surface area contributed by atoms with Gasteiger partial charge in [0.2, 0.25) is 5.91 Å². The van der Waals surface area contributed by atoms with Crippen LogP contribution in [-0.4, -0.2) is 32.7 Å². The molecule has 1 amide bonds. The molecule has 0 aromatic heterocycles. The van der Waals surface area contributed by atoms with Crippen LogP contribution < -0.4 is 10.6 Å². The first-order valence-electron chi connectivity index (χ1n) is 6.85. The molecule has 2 N–H and O–H groups in total. The Kier molecular flexibility index (Phi) is 5.02. The number of rotatable bonds is 4. The van der Waals surface area contributed by atoms with E-state index in [2.05, 4.69) is 10.6 Å². The van der Waals surface area contributed by atoms with Gasteiger partial charge in [-0.2, -0.15) is 0 Å². The van der Waals surface area contributed by atoms with Crippen molar-refractivity contribution >= 4 is 23.2 Å². The third-order valence-electron chi connectivity index (χ3n) is 3.84. The van der Waals surface area contributed by atoms with Gasteiger partial charge in [0.1, 0.15) is 0 Å². The Labute approximate surface area is 124 Å². The van der Waals surface area contributed by atoms with Crippen LogP contribution in [0.25, 0.3) is 0 Å². The Morgan fingerprint density at radius 3 is 2.75 bits per heavy atom. The highest BCUT2D eigenvalue weighted by atomic mass is 35.5. The number of nitrogens with one attached hydrogen (secondary N) is 2. The number of benzene rings is 1. The van der Waals surface area contributed by atoms with E-state index in [0.29, 0.717) is 17.3 Å². The highest BCUT2D eigenvalue weighted by Crippen LogP contribution is 2.32. The largest absolute Gasteiger partial charge is 0.384 e. The van der Waals surface area contributed by atoms with Crippen LogP contribution in [0.2, 0.25) is 5.02 Å². The van der Waals surface area contributed by atoms with Gasteiger partial charge in [0.15, 0.2) is 0 Å². The molecule has 0 bridgehead atoms. The second-order valence-electron chi connectivity index (χ2n) is 5.40. The first kappa shape index (κ1) is 15.3. The number of aryl methyl sites for hydroxylation is 1. The number of hydrogen-bond acceptors (Lipinski definition) is 3. The summed E-state index contributed by atoms with van der Waals surface area (Å²) in [5.41, 5.74) is 1.27. The predicted octanol–water partition coefficient (Wildman–Crippen LogP) is 2.60. The molecule has 5 heteroatoms. The van der Waals surface area contributed by atoms with E-state index in [-0.39, 0.29) is 5.91 Å². The summed E-state index contributed by atoms with van der Waals surface area (Å²) in [6.07, 6.45) is 1.55. The minimum absolute atomic E-state index is 0.00777. The fourth-order valence-electron chi connectivity index (χ4n) is 2.59. The average molecular weight is 297 g/mol. The summed E-state index contributed by atoms with van der Waals surface area (Å²) < 4.78 is 5.27. The summed E-state index contributed by atoms with van der Waals surface area (Å²) in [7, 11) is 1.63. The van der Waals surface area contributed by atoms with Crippen molar-refractivity contribution in [3.63, 3.8) is 0 Å². The lowest BCUT2D eigenvalue weighted by molar-refractivity contribution is -0.130. The molecule has 1 saturated heterocycles. The minimum atomic E-state index is -0.464. The van der Waals surface area contributed by atoms with E-state index in [0.717, 1.165) is 31.5 Å². The van der Waals surface area contributed by atoms with Crippen LogP contribution in [0.1, 0.15) is 18.4 Å². The molecule has 4 nitrogen and oxygen atoms in total. The number of halogens is 1. The smallest absolute Gasteiger partial charge is 0.233 e. The number of anilines is 1. The number of ether oxygens (including phenoxy) is 1. The maximum Gasteiger partial charge on any atom is 0.233 e. The lowest BCUT2D eigenvalue weighted by atomic mass is 9.78. The van der Waals surface area contributed by atoms with Gasteiger partial charge in [0.05, 0.1) is 22.7 Å². The summed E-state index contributed by atoms with van der Waals surface area (Å²) in [4.78, 5) is 12.6. The van der Waals surface area contributed by atoms with E-state index >= 15 is 0 Å². The van der Waals surface area contributed by atoms with Crippen LogP contribution in [0, 0.1) is 12.3 Å². The Morgan fingerprint density at radius 2 is 2.15 bits per heavy atom. The van der Waals surface area contributed by atoms with Crippen molar-refractivity contribution in [2.45, 2.75) is 19.8 Å². The van der Waals surface area contributed by atoms with Crippen LogP contribution in [0.4, 0.5) is 5.69 Å². The quantitative estimate of drug-likeness (QED) is 0.898. The van der Waals surface area contributed by atoms with Gasteiger partial charge in [-0.3, -0.25) is 4.79 Å². The normalized spacial score (nSPS) is 17.8. The van der Waals surface area contributed by atoms with Crippen LogP contribution in [0.3, 0.4) is 0 Å². The van der Waals surface area contributed by atoms with Crippen molar-refractivity contribution in [3.05, 3.63) is 28.8 Å². The first-order valence-corrected chi connectivity index (χ1v) is 7.22. The molecular formula is C15H21ClN2O2. The third kappa shape index (κ3) is 3.32. The summed E-state index contributed by atoms with van der Waals surface area (Å²) >= 11 is 6.18. The zero-order chi connectivity index (χ0) is 14.6. The molecule has 0 radical (unpaired) electrons. The first-order chi connectivity index (χ1) is 9.57. The zero-order valence-electron chi connectivity index (χ0n) is 12.0. The van der Waals surface area contributed by atoms with Crippen molar-refractivity contribution in [1.29, 1.82) is 0 Å². The minimum Gasteiger partial charge on any atom is -0.384 e. The number of piperidine rings is 1. The van der Waals surface area contributed by atoms with Gasteiger partial charge in [-0.1, -0.05) is 17.7 Å². The van der Waals surface area contributed by atoms with Crippen molar-refractivity contribution in [1.82, 2.24) is 5.32 Å². The molecule has 110 valence electrons. The fourth-order valence-corrected chi connectivity index (χ4v) is 2.88. The number of methoxy groups -OCH3 is 1. The lowest BCUT2D eigenvalue weighted by Gasteiger charge is -2.35. The lowest BCUT2D eigenvalue weighted by Crippen LogP contribution is -2.47. The molecule has 1 fully saturated rings. The molecule has 0 atom stereocenters. The van der Waals surface area contributed by atoms with Crippen molar-refractivity contribution in [2.24, 2.45) is 5.41 Å². The maximum atomic E-state index is 12.6. The zero-order valence-corrected chi connectivity index (χ0v) is 12.7. The van der Waals surface area contributed by atoms with E-state index in [1.165, 1.54) is 0 Å². The van der Waals surface area contributed by atoms with Crippen molar-refractivity contribution in [3.8, 4) is 0 Å². The monoisotopic (exact) mass is 296 g/mol. The maximum absolute atomic E-state index is 12.6. The van der Waals surface area contributed by atoms with Gasteiger partial charge < -0.3 is 15.4 Å². The molecule has 1 heterocycles. The highest BCUT2D eigenvalue weighted by Gasteiger charge is 2.39. The third-order valence-corrected chi connectivity index (χ3v) is 4.15. The molecule has 1 aromatic carbocycles. The second-order valence-corrected chi connectivity index (χ2v) is 5.81. The molecular weight excluding hydrogens is 276 g/mol. The Morgan fingerprint density at radius 1 is 1.45 bits per heavy atom. The molecule has 0 saturated carbocycles. The van der Waals surface area contributed by atoms with Crippen LogP contribution in [0.15, 0.2) is 18.2 Å². The number of hydrogen-bond donors (Lipinski definition) is 2. The van der Waals surface area contributed by atoms with Crippen molar-refractivity contribution in [2.75, 3.05) is 32.1 Å². The molecule has 1 aliphatic rings. The van der Waals surface area contributed by atoms with E-state index < -0.39 is 5.41 Å². The Balaban J connectivity index is 2.15. The molecule has 1 aromatic rings. The summed E-state index contributed by atoms with van der Waals surface area (Å²) in [5, 5.41) is 6.80. The van der Waals surface area contributed by atoms with Crippen molar-refractivity contribution < 1.29 is 9.53 Å². The van der Waals surface area contributed by atoms with Gasteiger partial charge in [-0.05, 0) is 50.6 Å². The Bertz CT molecular complexity index is 479. The van der Waals surface area contributed by atoms with Gasteiger partial charge in [-0.25, -0.2) is 0 Å². The number of carbonyl (C=O) groups excluding carboxylic acids is 1. The summed E-state index contributed by atoms with van der Waals surface area (Å²) in [5.74, 6) is -0.00777. The SMILES string of the molecule is COCC1(C(=O)Nc2ccc(C)cc2Cl)CCNCC1. The van der Waals surface area contributed by atoms with Crippen LogP contribution in [0.5, 0.6) is 0 Å². The molecule has 0 aliphatic carbocycles. The molecule has 1 aliphatic heterocycles.